The van der Waals surface area contributed by atoms with Gasteiger partial charge in [0, 0.05) is 6.08 Å². The molecule has 4 rings (SSSR count). The van der Waals surface area contributed by atoms with Crippen LogP contribution in [0.2, 0.25) is 0 Å². The van der Waals surface area contributed by atoms with Gasteiger partial charge in [0.2, 0.25) is 0 Å². The van der Waals surface area contributed by atoms with Gasteiger partial charge < -0.3 is 24.4 Å². The average molecular weight is 862 g/mol. The van der Waals surface area contributed by atoms with E-state index >= 15 is 0 Å². The molecule has 0 spiro atoms. The number of rotatable bonds is 16. The molecule has 3 aromatic carbocycles. The van der Waals surface area contributed by atoms with Crippen molar-refractivity contribution in [2.45, 2.75) is 77.0 Å². The molecule has 1 fully saturated rings. The normalized spacial score (nSPS) is 15.1. The molecule has 8 heteroatoms. The average Bonchev–Trinajstić information content (AvgIpc) is 3.10. The van der Waals surface area contributed by atoms with Gasteiger partial charge in [0.15, 0.2) is 0 Å². The van der Waals surface area contributed by atoms with E-state index in [9.17, 15) is 14.4 Å². The summed E-state index contributed by atoms with van der Waals surface area (Å²) in [6, 6.07) is 22.2. The maximum atomic E-state index is 12.1. The van der Waals surface area contributed by atoms with E-state index in [1.807, 2.05) is 6.07 Å². The molecular formula is C39H45NO6U. The first-order chi connectivity index (χ1) is 22.4. The third kappa shape index (κ3) is 14.9. The molecule has 1 aliphatic rings. The van der Waals surface area contributed by atoms with Gasteiger partial charge in [0.1, 0.15) is 11.5 Å². The van der Waals surface area contributed by atoms with Gasteiger partial charge >= 0.3 is 43.1 Å². The predicted octanol–water partition coefficient (Wildman–Crippen LogP) is 8.59. The Hall–Kier alpha value is -3.47. The molecule has 47 heavy (non-hydrogen) atoms. The first-order valence-corrected chi connectivity index (χ1v) is 16.2. The summed E-state index contributed by atoms with van der Waals surface area (Å²) in [4.78, 5) is 33.5. The number of ether oxygens (including phenoxy) is 3. The molecule has 1 saturated carbocycles. The summed E-state index contributed by atoms with van der Waals surface area (Å²) >= 11 is 0. The number of benzene rings is 3. The molecule has 1 aliphatic carbocycles. The Balaban J connectivity index is 0.000000363. The molecule has 0 aliphatic heterocycles. The van der Waals surface area contributed by atoms with Crippen molar-refractivity contribution in [2.24, 2.45) is 5.92 Å². The van der Waals surface area contributed by atoms with Gasteiger partial charge in [-0.2, -0.15) is 17.7 Å². The second kappa shape index (κ2) is 23.0. The summed E-state index contributed by atoms with van der Waals surface area (Å²) in [6.07, 6.45) is 16.1. The van der Waals surface area contributed by atoms with Crippen molar-refractivity contribution in [3.63, 3.8) is 0 Å². The van der Waals surface area contributed by atoms with Crippen LogP contribution in [-0.2, 0) is 14.3 Å². The fraction of sp³-hybridized carbons (Fsp3) is 0.385. The number of hydrogen-bond acceptors (Lipinski definition) is 7. The topological polar surface area (TPSA) is 103 Å². The third-order valence-electron chi connectivity index (χ3n) is 8.01. The van der Waals surface area contributed by atoms with E-state index in [0.29, 0.717) is 35.8 Å². The van der Waals surface area contributed by atoms with E-state index in [4.69, 9.17) is 19.6 Å². The summed E-state index contributed by atoms with van der Waals surface area (Å²) in [5.74, 6) is 1.83. The fourth-order valence-electron chi connectivity index (χ4n) is 5.46. The van der Waals surface area contributed by atoms with Crippen LogP contribution in [-0.4, -0.2) is 37.7 Å². The Kier molecular flexibility index (Phi) is 19.4. The van der Waals surface area contributed by atoms with Crippen LogP contribution in [0.3, 0.4) is 0 Å². The summed E-state index contributed by atoms with van der Waals surface area (Å²) in [6.45, 7) is 6.60. The van der Waals surface area contributed by atoms with Crippen molar-refractivity contribution in [3.05, 3.63) is 108 Å². The smallest absolute Gasteiger partial charge is 0.494 e. The number of carbonyl (C=O) groups is 2. The second-order valence-corrected chi connectivity index (χ2v) is 11.4. The van der Waals surface area contributed by atoms with Crippen LogP contribution in [0.25, 0.3) is 0 Å². The molecule has 0 bridgehead atoms. The molecule has 7 nitrogen and oxygen atoms in total. The molecule has 0 heterocycles. The van der Waals surface area contributed by atoms with Gasteiger partial charge in [-0.3, -0.25) is 0 Å². The SMILES string of the molecule is C=CC(=O)OCCCCCCOc1ccc(C(=O)Oc2ccc([C-]=O)cc2)cc1.CCCC1CCC(c2cc[c-]c(C=N)c2)CC1.[U+2]. The minimum atomic E-state index is -0.489. The summed E-state index contributed by atoms with van der Waals surface area (Å²) in [5.41, 5.74) is 3.12. The maximum absolute atomic E-state index is 12.1. The van der Waals surface area contributed by atoms with Gasteiger partial charge in [-0.15, -0.1) is 35.4 Å². The Labute approximate surface area is 303 Å². The van der Waals surface area contributed by atoms with Crippen LogP contribution < -0.4 is 9.47 Å². The van der Waals surface area contributed by atoms with Gasteiger partial charge in [-0.1, -0.05) is 44.7 Å². The van der Waals surface area contributed by atoms with Crippen molar-refractivity contribution in [2.75, 3.05) is 13.2 Å². The molecule has 0 saturated heterocycles. The molecular weight excluding hydrogens is 816 g/mol. The van der Waals surface area contributed by atoms with Crippen LogP contribution in [0.15, 0.2) is 79.4 Å². The quantitative estimate of drug-likeness (QED) is 0.0387. The van der Waals surface area contributed by atoms with E-state index in [0.717, 1.165) is 49.2 Å². The largest absolute Gasteiger partial charge is 2.00 e. The Morgan fingerprint density at radius 1 is 0.936 bits per heavy atom. The molecule has 0 unspecified atom stereocenters. The molecule has 246 valence electrons. The van der Waals surface area contributed by atoms with Gasteiger partial charge in [-0.25, -0.2) is 9.59 Å². The van der Waals surface area contributed by atoms with Gasteiger partial charge in [0.25, 0.3) is 0 Å². The second-order valence-electron chi connectivity index (χ2n) is 11.4. The number of carbonyl (C=O) groups excluding carboxylic acids is 3. The molecule has 0 aromatic heterocycles. The van der Waals surface area contributed by atoms with Crippen LogP contribution in [0.4, 0.5) is 0 Å². The molecule has 3 aromatic rings. The van der Waals surface area contributed by atoms with Gasteiger partial charge in [-0.05, 0) is 87.5 Å². The first-order valence-electron chi connectivity index (χ1n) is 16.2. The minimum absolute atomic E-state index is 0. The standard InChI is InChI=1S/C23H23O6.C16H22N.U/c1-2-22(25)28-16-6-4-3-5-15-27-20-13-9-19(10-14-20)23(26)29-21-11-7-18(17-24)8-12-21;1-2-4-13-7-9-15(10-8-13)16-6-3-5-14(11-16)12-17;/h2,7-14H,1,3-6,15-16H2;3,6,11-13,15,17H,2,4,7-10H2,1H3;/q2*-1;+2. The number of unbranched alkanes of at least 4 members (excludes halogenated alkanes) is 3. The van der Waals surface area contributed by atoms with E-state index < -0.39 is 11.9 Å². The van der Waals surface area contributed by atoms with Crippen LogP contribution >= 0.6 is 0 Å². The maximum Gasteiger partial charge on any atom is 2.00 e. The molecule has 1 N–H and O–H groups in total. The third-order valence-corrected chi connectivity index (χ3v) is 8.01. The van der Waals surface area contributed by atoms with E-state index in [-0.39, 0.29) is 31.1 Å². The Morgan fingerprint density at radius 3 is 2.21 bits per heavy atom. The Morgan fingerprint density at radius 2 is 1.60 bits per heavy atom. The van der Waals surface area contributed by atoms with Crippen molar-refractivity contribution in [1.82, 2.24) is 0 Å². The Bertz CT molecular complexity index is 1380. The zero-order valence-electron chi connectivity index (χ0n) is 27.3. The molecule has 0 radical (unpaired) electrons. The van der Waals surface area contributed by atoms with Crippen molar-refractivity contribution in [3.8, 4) is 11.5 Å². The number of hydrogen-bond donors (Lipinski definition) is 1. The molecule has 0 atom stereocenters. The zero-order chi connectivity index (χ0) is 33.0. The first kappa shape index (κ1) is 39.7. The predicted molar refractivity (Wildman–Crippen MR) is 181 cm³/mol. The number of esters is 2. The van der Waals surface area contributed by atoms with Crippen LogP contribution in [0, 0.1) is 48.5 Å². The van der Waals surface area contributed by atoms with Crippen molar-refractivity contribution in [1.29, 1.82) is 5.41 Å². The number of nitrogens with one attached hydrogen (secondary N) is 1. The van der Waals surface area contributed by atoms with Crippen LogP contribution in [0.1, 0.15) is 104 Å². The van der Waals surface area contributed by atoms with E-state index in [1.165, 1.54) is 62.4 Å². The van der Waals surface area contributed by atoms with E-state index in [2.05, 4.69) is 31.7 Å². The minimum Gasteiger partial charge on any atom is -0.494 e. The van der Waals surface area contributed by atoms with Crippen molar-refractivity contribution < 1.29 is 59.7 Å². The fourth-order valence-corrected chi connectivity index (χ4v) is 5.46. The summed E-state index contributed by atoms with van der Waals surface area (Å²) in [7, 11) is 0. The van der Waals surface area contributed by atoms with Crippen molar-refractivity contribution >= 4 is 24.4 Å². The molecule has 0 amide bonds. The van der Waals surface area contributed by atoms with Crippen LogP contribution in [0.5, 0.6) is 11.5 Å². The van der Waals surface area contributed by atoms with E-state index in [1.54, 1.807) is 42.7 Å². The van der Waals surface area contributed by atoms with Gasteiger partial charge in [0.05, 0.1) is 25.1 Å². The summed E-state index contributed by atoms with van der Waals surface area (Å²) in [5, 5.41) is 7.28. The monoisotopic (exact) mass is 861 g/mol. The zero-order valence-corrected chi connectivity index (χ0v) is 31.5. The summed E-state index contributed by atoms with van der Waals surface area (Å²) < 4.78 is 15.8.